The molecule has 1 saturated heterocycles. The lowest BCUT2D eigenvalue weighted by Gasteiger charge is -2.52. The fourth-order valence-electron chi connectivity index (χ4n) is 6.87. The largest absolute Gasteiger partial charge is 0.274 e. The van der Waals surface area contributed by atoms with Crippen molar-refractivity contribution in [2.24, 2.45) is 16.9 Å². The number of nitrogens with one attached hydrogen (secondary N) is 1. The second-order valence-corrected chi connectivity index (χ2v) is 10.8. The highest BCUT2D eigenvalue weighted by molar-refractivity contribution is 6.31. The number of anilines is 1. The van der Waals surface area contributed by atoms with E-state index in [1.807, 2.05) is 61.5 Å². The van der Waals surface area contributed by atoms with Crippen LogP contribution in [0.15, 0.2) is 96.4 Å². The lowest BCUT2D eigenvalue weighted by Crippen LogP contribution is -2.54. The van der Waals surface area contributed by atoms with Gasteiger partial charge in [-0.2, -0.15) is 5.10 Å². The van der Waals surface area contributed by atoms with Crippen molar-refractivity contribution < 1.29 is 14.4 Å². The summed E-state index contributed by atoms with van der Waals surface area (Å²) in [7, 11) is 0. The number of hydrogen-bond acceptors (Lipinski definition) is 5. The zero-order valence-corrected chi connectivity index (χ0v) is 22.2. The molecule has 40 heavy (non-hydrogen) atoms. The van der Waals surface area contributed by atoms with E-state index in [1.54, 1.807) is 30.5 Å². The quantitative estimate of drug-likeness (QED) is 0.221. The Morgan fingerprint density at radius 1 is 0.950 bits per heavy atom. The summed E-state index contributed by atoms with van der Waals surface area (Å²) in [6.45, 7) is 1.86. The van der Waals surface area contributed by atoms with E-state index in [4.69, 9.17) is 11.6 Å². The normalized spacial score (nSPS) is 24.1. The van der Waals surface area contributed by atoms with Crippen molar-refractivity contribution in [3.63, 3.8) is 0 Å². The first-order valence-corrected chi connectivity index (χ1v) is 13.4. The zero-order valence-electron chi connectivity index (χ0n) is 21.4. The summed E-state index contributed by atoms with van der Waals surface area (Å²) in [5, 5.41) is 4.88. The second kappa shape index (κ2) is 8.96. The van der Waals surface area contributed by atoms with Gasteiger partial charge in [0.05, 0.1) is 22.9 Å². The number of halogens is 1. The van der Waals surface area contributed by atoms with Crippen LogP contribution in [0.3, 0.4) is 0 Å². The summed E-state index contributed by atoms with van der Waals surface area (Å²) in [5.74, 6) is -2.65. The van der Waals surface area contributed by atoms with Crippen molar-refractivity contribution in [3.8, 4) is 0 Å². The number of rotatable bonds is 4. The van der Waals surface area contributed by atoms with Crippen LogP contribution in [0.1, 0.15) is 44.1 Å². The Hall–Kier alpha value is -4.62. The number of hydrogen-bond donors (Lipinski definition) is 1. The number of aromatic nitrogens is 1. The summed E-state index contributed by atoms with van der Waals surface area (Å²) < 4.78 is 0. The molecule has 1 fully saturated rings. The number of pyridine rings is 1. The van der Waals surface area contributed by atoms with Crippen LogP contribution in [0.25, 0.3) is 0 Å². The Morgan fingerprint density at radius 3 is 2.27 bits per heavy atom. The molecule has 4 aromatic rings. The molecule has 0 unspecified atom stereocenters. The first-order valence-electron chi connectivity index (χ1n) is 13.0. The van der Waals surface area contributed by atoms with Crippen molar-refractivity contribution in [1.82, 2.24) is 10.4 Å². The molecule has 3 aliphatic carbocycles. The second-order valence-electron chi connectivity index (χ2n) is 10.4. The lowest BCUT2D eigenvalue weighted by atomic mass is 9.47. The summed E-state index contributed by atoms with van der Waals surface area (Å²) in [6.07, 6.45) is 4.72. The SMILES string of the molecule is Cc1ccc(Cl)cc1N1C(=O)[C@H]2C3c4ccccc4C(/C=N\NC(=O)c4ccncc4)(c4ccccc43)[C@H]2C1=O. The highest BCUT2D eigenvalue weighted by Crippen LogP contribution is 2.63. The first kappa shape index (κ1) is 24.4. The van der Waals surface area contributed by atoms with Crippen LogP contribution in [0.5, 0.6) is 0 Å². The van der Waals surface area contributed by atoms with Gasteiger partial charge in [-0.25, -0.2) is 10.3 Å². The molecule has 8 heteroatoms. The molecule has 8 rings (SSSR count). The summed E-state index contributed by atoms with van der Waals surface area (Å²) in [6, 6.07) is 24.2. The average Bonchev–Trinajstić information content (AvgIpc) is 3.25. The van der Waals surface area contributed by atoms with Gasteiger partial charge in [-0.1, -0.05) is 66.2 Å². The van der Waals surface area contributed by atoms with Gasteiger partial charge >= 0.3 is 0 Å². The number of carbonyl (C=O) groups is 3. The van der Waals surface area contributed by atoms with Crippen molar-refractivity contribution in [3.05, 3.63) is 130 Å². The molecule has 1 aliphatic heterocycles. The van der Waals surface area contributed by atoms with Crippen molar-refractivity contribution in [1.29, 1.82) is 0 Å². The minimum absolute atomic E-state index is 0.257. The molecule has 4 aliphatic rings. The zero-order chi connectivity index (χ0) is 27.6. The molecule has 196 valence electrons. The fraction of sp³-hybridized carbons (Fsp3) is 0.156. The van der Waals surface area contributed by atoms with Crippen molar-refractivity contribution >= 4 is 41.2 Å². The van der Waals surface area contributed by atoms with Gasteiger partial charge in [0.15, 0.2) is 0 Å². The predicted molar refractivity (Wildman–Crippen MR) is 151 cm³/mol. The Kier molecular flexibility index (Phi) is 5.47. The monoisotopic (exact) mass is 546 g/mol. The molecule has 2 atom stereocenters. The predicted octanol–water partition coefficient (Wildman–Crippen LogP) is 5.01. The van der Waals surface area contributed by atoms with E-state index in [-0.39, 0.29) is 17.7 Å². The summed E-state index contributed by atoms with van der Waals surface area (Å²) >= 11 is 6.32. The molecule has 0 spiro atoms. The van der Waals surface area contributed by atoms with Crippen LogP contribution in [0, 0.1) is 18.8 Å². The van der Waals surface area contributed by atoms with E-state index in [9.17, 15) is 14.4 Å². The topological polar surface area (TPSA) is 91.7 Å². The van der Waals surface area contributed by atoms with Gasteiger partial charge < -0.3 is 0 Å². The Morgan fingerprint density at radius 2 is 1.60 bits per heavy atom. The number of nitrogens with zero attached hydrogens (tertiary/aromatic N) is 3. The van der Waals surface area contributed by atoms with Gasteiger partial charge in [0, 0.05) is 35.1 Å². The number of imide groups is 1. The summed E-state index contributed by atoms with van der Waals surface area (Å²) in [5.41, 5.74) is 7.01. The smallest absolute Gasteiger partial charge is 0.271 e. The Labute approximate surface area is 235 Å². The Bertz CT molecular complexity index is 1700. The number of aryl methyl sites for hydroxylation is 1. The van der Waals surface area contributed by atoms with Gasteiger partial charge in [0.25, 0.3) is 5.91 Å². The van der Waals surface area contributed by atoms with E-state index < -0.39 is 23.2 Å². The van der Waals surface area contributed by atoms with E-state index >= 15 is 0 Å². The van der Waals surface area contributed by atoms with Crippen molar-refractivity contribution in [2.75, 3.05) is 4.90 Å². The molecule has 3 aromatic carbocycles. The van der Waals surface area contributed by atoms with Crippen LogP contribution in [0.4, 0.5) is 5.69 Å². The van der Waals surface area contributed by atoms with E-state index in [0.717, 1.165) is 27.8 Å². The van der Waals surface area contributed by atoms with Crippen LogP contribution in [-0.2, 0) is 15.0 Å². The molecule has 3 amide bonds. The van der Waals surface area contributed by atoms with E-state index in [0.29, 0.717) is 16.3 Å². The molecule has 2 heterocycles. The maximum absolute atomic E-state index is 14.5. The molecular formula is C32H23ClN4O3. The first-order chi connectivity index (χ1) is 19.4. The minimum atomic E-state index is -1.08. The molecule has 0 saturated carbocycles. The van der Waals surface area contributed by atoms with Gasteiger partial charge in [-0.15, -0.1) is 0 Å². The maximum atomic E-state index is 14.5. The number of amides is 3. The van der Waals surface area contributed by atoms with Crippen molar-refractivity contribution in [2.45, 2.75) is 18.3 Å². The third-order valence-electron chi connectivity index (χ3n) is 8.47. The molecule has 1 N–H and O–H groups in total. The highest BCUT2D eigenvalue weighted by Gasteiger charge is 2.68. The van der Waals surface area contributed by atoms with Gasteiger partial charge in [-0.3, -0.25) is 19.4 Å². The average molecular weight is 547 g/mol. The van der Waals surface area contributed by atoms with E-state index in [1.165, 1.54) is 17.3 Å². The van der Waals surface area contributed by atoms with Gasteiger partial charge in [0.2, 0.25) is 11.8 Å². The molecular weight excluding hydrogens is 524 g/mol. The number of carbonyl (C=O) groups excluding carboxylic acids is 3. The highest BCUT2D eigenvalue weighted by atomic mass is 35.5. The summed E-state index contributed by atoms with van der Waals surface area (Å²) in [4.78, 5) is 46.8. The lowest BCUT2D eigenvalue weighted by molar-refractivity contribution is -0.122. The van der Waals surface area contributed by atoms with Crippen LogP contribution < -0.4 is 10.3 Å². The standard InChI is InChI=1S/C32H23ClN4O3/c1-18-10-11-20(33)16-25(18)37-30(39)27-26-21-6-2-4-8-23(21)32(28(27)31(37)40,24-9-5-3-7-22(24)26)17-35-36-29(38)19-12-14-34-15-13-19/h2-17,26-28H,1H3,(H,36,38)/b35-17-/t26?,27-,28+,32?/m0/s1. The number of benzene rings is 3. The third-order valence-corrected chi connectivity index (χ3v) is 8.71. The van der Waals surface area contributed by atoms with Crippen LogP contribution >= 0.6 is 11.6 Å². The van der Waals surface area contributed by atoms with Gasteiger partial charge in [0.1, 0.15) is 0 Å². The molecule has 0 radical (unpaired) electrons. The van der Waals surface area contributed by atoms with E-state index in [2.05, 4.69) is 15.5 Å². The molecule has 7 nitrogen and oxygen atoms in total. The third kappa shape index (κ3) is 3.27. The number of hydrazone groups is 1. The fourth-order valence-corrected chi connectivity index (χ4v) is 7.04. The molecule has 2 bridgehead atoms. The van der Waals surface area contributed by atoms with Gasteiger partial charge in [-0.05, 0) is 59.0 Å². The minimum Gasteiger partial charge on any atom is -0.274 e. The Balaban J connectivity index is 1.43. The maximum Gasteiger partial charge on any atom is 0.271 e. The van der Waals surface area contributed by atoms with Crippen LogP contribution in [0.2, 0.25) is 5.02 Å². The molecule has 1 aromatic heterocycles. The van der Waals surface area contributed by atoms with Crippen LogP contribution in [-0.4, -0.2) is 28.9 Å².